The fourth-order valence-corrected chi connectivity index (χ4v) is 5.42. The van der Waals surface area contributed by atoms with E-state index in [2.05, 4.69) is 4.90 Å². The summed E-state index contributed by atoms with van der Waals surface area (Å²) < 4.78 is 14.0. The minimum absolute atomic E-state index is 0.00772. The average molecular weight is 472 g/mol. The van der Waals surface area contributed by atoms with Crippen molar-refractivity contribution in [1.82, 2.24) is 9.80 Å². The van der Waals surface area contributed by atoms with Crippen LogP contribution in [0.25, 0.3) is 0 Å². The lowest BCUT2D eigenvalue weighted by atomic mass is 9.85. The Balaban J connectivity index is 1.31. The van der Waals surface area contributed by atoms with Crippen LogP contribution in [-0.2, 0) is 17.6 Å². The number of halogens is 2. The molecule has 2 heterocycles. The molecule has 0 bridgehead atoms. The number of hydrogen-bond donors (Lipinski definition) is 1. The van der Waals surface area contributed by atoms with Crippen LogP contribution in [0.2, 0.25) is 5.02 Å². The van der Waals surface area contributed by atoms with Crippen molar-refractivity contribution in [2.75, 3.05) is 32.7 Å². The number of piperidine rings is 1. The minimum atomic E-state index is -0.547. The van der Waals surface area contributed by atoms with Gasteiger partial charge >= 0.3 is 0 Å². The molecule has 0 unspecified atom stereocenters. The number of hydrogen-bond acceptors (Lipinski definition) is 3. The molecule has 2 aromatic rings. The van der Waals surface area contributed by atoms with Gasteiger partial charge in [-0.05, 0) is 111 Å². The van der Waals surface area contributed by atoms with Crippen molar-refractivity contribution in [2.24, 2.45) is 5.73 Å². The lowest BCUT2D eigenvalue weighted by Gasteiger charge is -2.34. The number of likely N-dealkylation sites (tertiary alicyclic amines) is 2. The zero-order chi connectivity index (χ0) is 23.2. The number of nitrogens with two attached hydrogens (primary N) is 1. The van der Waals surface area contributed by atoms with Crippen LogP contribution in [0.4, 0.5) is 4.39 Å². The Bertz CT molecular complexity index is 921. The van der Waals surface area contributed by atoms with E-state index in [-0.39, 0.29) is 11.7 Å². The Morgan fingerprint density at radius 2 is 1.76 bits per heavy atom. The van der Waals surface area contributed by atoms with Crippen LogP contribution >= 0.6 is 11.6 Å². The van der Waals surface area contributed by atoms with Gasteiger partial charge in [0.15, 0.2) is 0 Å². The first-order chi connectivity index (χ1) is 16.0. The van der Waals surface area contributed by atoms with E-state index in [1.54, 1.807) is 12.1 Å². The molecule has 1 atom stereocenters. The van der Waals surface area contributed by atoms with E-state index < -0.39 is 6.04 Å². The third kappa shape index (κ3) is 6.56. The molecule has 178 valence electrons. The molecule has 4 rings (SSSR count). The van der Waals surface area contributed by atoms with E-state index in [9.17, 15) is 9.18 Å². The molecule has 1 amide bonds. The molecule has 0 radical (unpaired) electrons. The van der Waals surface area contributed by atoms with Gasteiger partial charge in [0.05, 0.1) is 6.04 Å². The topological polar surface area (TPSA) is 49.6 Å². The molecular weight excluding hydrogens is 437 g/mol. The summed E-state index contributed by atoms with van der Waals surface area (Å²) in [6, 6.07) is 12.2. The van der Waals surface area contributed by atoms with Gasteiger partial charge in [-0.3, -0.25) is 4.79 Å². The van der Waals surface area contributed by atoms with Crippen molar-refractivity contribution in [3.8, 4) is 0 Å². The summed E-state index contributed by atoms with van der Waals surface area (Å²) in [5, 5.41) is 0.678. The number of amides is 1. The fraction of sp³-hybridized carbons (Fsp3) is 0.519. The van der Waals surface area contributed by atoms with Gasteiger partial charge < -0.3 is 15.5 Å². The second kappa shape index (κ2) is 11.5. The summed E-state index contributed by atoms with van der Waals surface area (Å²) in [7, 11) is 0. The van der Waals surface area contributed by atoms with Crippen molar-refractivity contribution in [3.05, 3.63) is 70.0 Å². The molecule has 0 aliphatic carbocycles. The highest BCUT2D eigenvalue weighted by Gasteiger charge is 2.28. The van der Waals surface area contributed by atoms with Gasteiger partial charge in [0.1, 0.15) is 5.82 Å². The SMILES string of the molecule is N[C@H](Cc1ccc(Cl)cc1)C(=O)N1CCC(c2ccc(F)cc2CCCN2CCCC2)CC1. The third-order valence-corrected chi connectivity index (χ3v) is 7.41. The summed E-state index contributed by atoms with van der Waals surface area (Å²) in [6.07, 6.45) is 6.86. The summed E-state index contributed by atoms with van der Waals surface area (Å²) >= 11 is 5.94. The van der Waals surface area contributed by atoms with Crippen LogP contribution in [0.3, 0.4) is 0 Å². The van der Waals surface area contributed by atoms with E-state index in [1.807, 2.05) is 35.2 Å². The van der Waals surface area contributed by atoms with Crippen LogP contribution in [0.15, 0.2) is 42.5 Å². The zero-order valence-electron chi connectivity index (χ0n) is 19.3. The van der Waals surface area contributed by atoms with Crippen molar-refractivity contribution in [1.29, 1.82) is 0 Å². The standard InChI is InChI=1S/C27H35ClFN3O/c28-23-7-5-20(6-8-23)18-26(30)27(33)32-16-11-21(12-17-32)25-10-9-24(29)19-22(25)4-3-15-31-13-1-2-14-31/h5-10,19,21,26H,1-4,11-18,30H2/t26-/m1/s1. The van der Waals surface area contributed by atoms with Crippen LogP contribution in [0.1, 0.15) is 54.7 Å². The van der Waals surface area contributed by atoms with Crippen molar-refractivity contribution >= 4 is 17.5 Å². The van der Waals surface area contributed by atoms with E-state index in [0.29, 0.717) is 30.5 Å². The van der Waals surface area contributed by atoms with Gasteiger partial charge in [0.25, 0.3) is 0 Å². The predicted molar refractivity (Wildman–Crippen MR) is 132 cm³/mol. The first kappa shape index (κ1) is 24.2. The van der Waals surface area contributed by atoms with Gasteiger partial charge in [-0.1, -0.05) is 29.8 Å². The normalized spacial score (nSPS) is 18.6. The Morgan fingerprint density at radius 3 is 2.45 bits per heavy atom. The van der Waals surface area contributed by atoms with Crippen LogP contribution < -0.4 is 5.73 Å². The fourth-order valence-electron chi connectivity index (χ4n) is 5.30. The summed E-state index contributed by atoms with van der Waals surface area (Å²) in [5.41, 5.74) is 9.65. The van der Waals surface area contributed by atoms with E-state index in [1.165, 1.54) is 31.5 Å². The number of carbonyl (C=O) groups is 1. The molecule has 4 nitrogen and oxygen atoms in total. The maximum absolute atomic E-state index is 14.0. The van der Waals surface area contributed by atoms with Crippen molar-refractivity contribution in [3.63, 3.8) is 0 Å². The quantitative estimate of drug-likeness (QED) is 0.602. The summed E-state index contributed by atoms with van der Waals surface area (Å²) in [5.74, 6) is 0.216. The molecule has 2 N–H and O–H groups in total. The van der Waals surface area contributed by atoms with E-state index in [0.717, 1.165) is 43.4 Å². The third-order valence-electron chi connectivity index (χ3n) is 7.16. The van der Waals surface area contributed by atoms with E-state index in [4.69, 9.17) is 17.3 Å². The molecule has 0 aromatic heterocycles. The van der Waals surface area contributed by atoms with Gasteiger partial charge in [0, 0.05) is 18.1 Å². The molecule has 2 fully saturated rings. The highest BCUT2D eigenvalue weighted by Crippen LogP contribution is 2.32. The molecule has 0 saturated carbocycles. The molecule has 2 saturated heterocycles. The highest BCUT2D eigenvalue weighted by molar-refractivity contribution is 6.30. The number of aryl methyl sites for hydroxylation is 1. The minimum Gasteiger partial charge on any atom is -0.341 e. The molecule has 0 spiro atoms. The average Bonchev–Trinajstić information content (AvgIpc) is 3.34. The first-order valence-corrected chi connectivity index (χ1v) is 12.7. The van der Waals surface area contributed by atoms with Gasteiger partial charge in [-0.2, -0.15) is 0 Å². The Hall–Kier alpha value is -1.95. The molecule has 2 aliphatic rings. The summed E-state index contributed by atoms with van der Waals surface area (Å²) in [6.45, 7) is 4.88. The maximum Gasteiger partial charge on any atom is 0.239 e. The number of carbonyl (C=O) groups excluding carboxylic acids is 1. The first-order valence-electron chi connectivity index (χ1n) is 12.3. The number of rotatable bonds is 8. The summed E-state index contributed by atoms with van der Waals surface area (Å²) in [4.78, 5) is 17.3. The van der Waals surface area contributed by atoms with Gasteiger partial charge in [-0.15, -0.1) is 0 Å². The molecule has 33 heavy (non-hydrogen) atoms. The Labute approximate surface area is 201 Å². The zero-order valence-corrected chi connectivity index (χ0v) is 20.1. The van der Waals surface area contributed by atoms with Gasteiger partial charge in [-0.25, -0.2) is 4.39 Å². The smallest absolute Gasteiger partial charge is 0.239 e. The Kier molecular flexibility index (Phi) is 8.39. The predicted octanol–water partition coefficient (Wildman–Crippen LogP) is 4.78. The van der Waals surface area contributed by atoms with Gasteiger partial charge in [0.2, 0.25) is 5.91 Å². The molecule has 6 heteroatoms. The van der Waals surface area contributed by atoms with E-state index >= 15 is 0 Å². The molecular formula is C27H35ClFN3O. The Morgan fingerprint density at radius 1 is 1.06 bits per heavy atom. The molecule has 2 aromatic carbocycles. The lowest BCUT2D eigenvalue weighted by Crippen LogP contribution is -2.47. The lowest BCUT2D eigenvalue weighted by molar-refractivity contribution is -0.133. The van der Waals surface area contributed by atoms with Crippen LogP contribution in [-0.4, -0.2) is 54.5 Å². The van der Waals surface area contributed by atoms with Crippen LogP contribution in [0.5, 0.6) is 0 Å². The number of nitrogens with zero attached hydrogens (tertiary/aromatic N) is 2. The highest BCUT2D eigenvalue weighted by atomic mass is 35.5. The molecule has 2 aliphatic heterocycles. The van der Waals surface area contributed by atoms with Crippen molar-refractivity contribution < 1.29 is 9.18 Å². The van der Waals surface area contributed by atoms with Crippen molar-refractivity contribution in [2.45, 2.75) is 56.9 Å². The second-order valence-corrected chi connectivity index (χ2v) is 9.97. The van der Waals surface area contributed by atoms with Crippen LogP contribution in [0, 0.1) is 5.82 Å². The second-order valence-electron chi connectivity index (χ2n) is 9.53. The monoisotopic (exact) mass is 471 g/mol. The number of benzene rings is 2. The largest absolute Gasteiger partial charge is 0.341 e. The maximum atomic E-state index is 14.0.